The molecule has 1 rings (SSSR count). The highest BCUT2D eigenvalue weighted by Gasteiger charge is 2.41. The first kappa shape index (κ1) is 35.0. The Kier molecular flexibility index (Phi) is 12.6. The molecule has 3 amide bonds. The van der Waals surface area contributed by atoms with Crippen LogP contribution in [0.1, 0.15) is 88.0 Å². The standard InChI is InChI=1S/C30H56N4O5/c1-22(35)15-27(2,3)29(6,7)20-31-24(36)17-33(10)18-25(37)32-21-30(8,9)28(4,5)16-26(38)34-14-12-13-23(34)19-39-11/h23H,12-21H2,1-11H3,(H,31,36)(H,32,37). The minimum absolute atomic E-state index is 0.0918. The van der Waals surface area contributed by atoms with Gasteiger partial charge in [0.1, 0.15) is 5.78 Å². The van der Waals surface area contributed by atoms with E-state index in [2.05, 4.69) is 38.3 Å². The number of hydrogen-bond donors (Lipinski definition) is 2. The lowest BCUT2D eigenvalue weighted by atomic mass is 9.65. The number of nitrogens with one attached hydrogen (secondary N) is 2. The Morgan fingerprint density at radius 2 is 1.28 bits per heavy atom. The number of methoxy groups -OCH3 is 1. The number of carbonyl (C=O) groups is 4. The van der Waals surface area contributed by atoms with Gasteiger partial charge >= 0.3 is 0 Å². The molecule has 0 aromatic heterocycles. The van der Waals surface area contributed by atoms with Gasteiger partial charge in [0.2, 0.25) is 17.7 Å². The number of ether oxygens (including phenoxy) is 1. The third-order valence-corrected chi connectivity index (χ3v) is 9.29. The first-order valence-electron chi connectivity index (χ1n) is 14.2. The van der Waals surface area contributed by atoms with E-state index in [-0.39, 0.29) is 64.3 Å². The van der Waals surface area contributed by atoms with E-state index in [1.165, 1.54) is 0 Å². The van der Waals surface area contributed by atoms with Crippen LogP contribution < -0.4 is 10.6 Å². The highest BCUT2D eigenvalue weighted by Crippen LogP contribution is 2.42. The van der Waals surface area contributed by atoms with E-state index in [9.17, 15) is 19.2 Å². The molecule has 0 aliphatic carbocycles. The number of nitrogens with zero attached hydrogens (tertiary/aromatic N) is 2. The van der Waals surface area contributed by atoms with Crippen molar-refractivity contribution in [3.63, 3.8) is 0 Å². The number of ketones is 1. The Balaban J connectivity index is 2.55. The van der Waals surface area contributed by atoms with E-state index in [4.69, 9.17) is 4.74 Å². The van der Waals surface area contributed by atoms with Crippen LogP contribution in [0.5, 0.6) is 0 Å². The zero-order chi connectivity index (χ0) is 30.2. The molecule has 0 radical (unpaired) electrons. The van der Waals surface area contributed by atoms with Gasteiger partial charge in [-0.3, -0.25) is 19.3 Å². The van der Waals surface area contributed by atoms with Gasteiger partial charge in [-0.25, -0.2) is 0 Å². The third-order valence-electron chi connectivity index (χ3n) is 9.29. The Morgan fingerprint density at radius 1 is 0.821 bits per heavy atom. The minimum Gasteiger partial charge on any atom is -0.383 e. The normalized spacial score (nSPS) is 16.9. The summed E-state index contributed by atoms with van der Waals surface area (Å²) in [7, 11) is 3.41. The molecule has 39 heavy (non-hydrogen) atoms. The molecule has 0 saturated carbocycles. The number of rotatable bonds is 16. The van der Waals surface area contributed by atoms with Crippen LogP contribution in [-0.4, -0.2) is 92.8 Å². The molecule has 226 valence electrons. The molecular weight excluding hydrogens is 496 g/mol. The van der Waals surface area contributed by atoms with Gasteiger partial charge in [-0.2, -0.15) is 0 Å². The molecular formula is C30H56N4O5. The van der Waals surface area contributed by atoms with Gasteiger partial charge in [0.25, 0.3) is 0 Å². The molecule has 2 N–H and O–H groups in total. The van der Waals surface area contributed by atoms with Crippen LogP contribution in [0.15, 0.2) is 0 Å². The summed E-state index contributed by atoms with van der Waals surface area (Å²) in [5, 5.41) is 5.98. The van der Waals surface area contributed by atoms with Gasteiger partial charge in [-0.15, -0.1) is 0 Å². The highest BCUT2D eigenvalue weighted by atomic mass is 16.5. The Bertz CT molecular complexity index is 865. The van der Waals surface area contributed by atoms with E-state index in [1.54, 1.807) is 26.0 Å². The molecule has 9 heteroatoms. The van der Waals surface area contributed by atoms with Gasteiger partial charge in [-0.05, 0) is 48.5 Å². The Labute approximate surface area is 237 Å². The van der Waals surface area contributed by atoms with Crippen LogP contribution in [0.25, 0.3) is 0 Å². The van der Waals surface area contributed by atoms with Crippen LogP contribution in [0.2, 0.25) is 0 Å². The molecule has 1 aliphatic rings. The summed E-state index contributed by atoms with van der Waals surface area (Å²) in [6, 6.07) is 0.145. The molecule has 0 bridgehead atoms. The predicted molar refractivity (Wildman–Crippen MR) is 155 cm³/mol. The second-order valence-corrected chi connectivity index (χ2v) is 14.2. The summed E-state index contributed by atoms with van der Waals surface area (Å²) in [4.78, 5) is 53.7. The first-order valence-corrected chi connectivity index (χ1v) is 14.2. The number of hydrogen-bond acceptors (Lipinski definition) is 6. The summed E-state index contributed by atoms with van der Waals surface area (Å²) in [5.74, 6) is -0.0584. The smallest absolute Gasteiger partial charge is 0.234 e. The molecule has 9 nitrogen and oxygen atoms in total. The Hall–Kier alpha value is -2.00. The molecule has 1 unspecified atom stereocenters. The lowest BCUT2D eigenvalue weighted by Crippen LogP contribution is -2.49. The maximum Gasteiger partial charge on any atom is 0.234 e. The van der Waals surface area contributed by atoms with Crippen molar-refractivity contribution in [2.45, 2.75) is 94.0 Å². The van der Waals surface area contributed by atoms with E-state index < -0.39 is 0 Å². The fourth-order valence-corrected chi connectivity index (χ4v) is 4.89. The zero-order valence-electron chi connectivity index (χ0n) is 26.6. The van der Waals surface area contributed by atoms with Gasteiger partial charge in [0.05, 0.1) is 25.7 Å². The van der Waals surface area contributed by atoms with Crippen molar-refractivity contribution >= 4 is 23.5 Å². The summed E-state index contributed by atoms with van der Waals surface area (Å²) < 4.78 is 5.30. The molecule has 1 aliphatic heterocycles. The molecule has 1 heterocycles. The van der Waals surface area contributed by atoms with Gasteiger partial charge in [0, 0.05) is 39.6 Å². The Morgan fingerprint density at radius 3 is 1.72 bits per heavy atom. The summed E-state index contributed by atoms with van der Waals surface area (Å²) >= 11 is 0. The monoisotopic (exact) mass is 552 g/mol. The average molecular weight is 553 g/mol. The van der Waals surface area contributed by atoms with Gasteiger partial charge in [-0.1, -0.05) is 55.4 Å². The van der Waals surface area contributed by atoms with E-state index >= 15 is 0 Å². The van der Waals surface area contributed by atoms with E-state index in [0.29, 0.717) is 32.5 Å². The van der Waals surface area contributed by atoms with E-state index in [1.807, 2.05) is 32.6 Å². The van der Waals surface area contributed by atoms with E-state index in [0.717, 1.165) is 19.4 Å². The predicted octanol–water partition coefficient (Wildman–Crippen LogP) is 3.26. The number of likely N-dealkylation sites (tertiary alicyclic amines) is 1. The van der Waals surface area contributed by atoms with Crippen molar-refractivity contribution < 1.29 is 23.9 Å². The van der Waals surface area contributed by atoms with Crippen molar-refractivity contribution in [1.29, 1.82) is 0 Å². The minimum atomic E-state index is -0.341. The van der Waals surface area contributed by atoms with Gasteiger partial charge < -0.3 is 25.1 Å². The molecule has 0 aromatic rings. The summed E-state index contributed by atoms with van der Waals surface area (Å²) in [6.07, 6.45) is 2.82. The summed E-state index contributed by atoms with van der Waals surface area (Å²) in [5.41, 5.74) is -1.21. The molecule has 1 fully saturated rings. The van der Waals surface area contributed by atoms with Crippen molar-refractivity contribution in [3.05, 3.63) is 0 Å². The quantitative estimate of drug-likeness (QED) is 0.304. The topological polar surface area (TPSA) is 108 Å². The largest absolute Gasteiger partial charge is 0.383 e. The van der Waals surface area contributed by atoms with Crippen LogP contribution >= 0.6 is 0 Å². The van der Waals surface area contributed by atoms with Crippen LogP contribution in [0.3, 0.4) is 0 Å². The SMILES string of the molecule is COCC1CCCN1C(=O)CC(C)(C)C(C)(C)CNC(=O)CN(C)CC(=O)NCC(C)(C)C(C)(C)CC(C)=O. The van der Waals surface area contributed by atoms with Crippen molar-refractivity contribution in [3.8, 4) is 0 Å². The average Bonchev–Trinajstić information content (AvgIpc) is 3.24. The number of likely N-dealkylation sites (N-methyl/N-ethyl adjacent to an activating group) is 1. The molecule has 1 atom stereocenters. The van der Waals surface area contributed by atoms with Crippen molar-refractivity contribution in [2.75, 3.05) is 53.5 Å². The maximum absolute atomic E-state index is 13.1. The fraction of sp³-hybridized carbons (Fsp3) is 0.867. The lowest BCUT2D eigenvalue weighted by molar-refractivity contribution is -0.137. The van der Waals surface area contributed by atoms with Crippen LogP contribution in [0.4, 0.5) is 0 Å². The third kappa shape index (κ3) is 10.5. The zero-order valence-corrected chi connectivity index (χ0v) is 26.6. The van der Waals surface area contributed by atoms with Crippen LogP contribution in [0, 0.1) is 21.7 Å². The number of amides is 3. The second kappa shape index (κ2) is 14.1. The van der Waals surface area contributed by atoms with Crippen LogP contribution in [-0.2, 0) is 23.9 Å². The molecule has 0 spiro atoms. The number of Topliss-reactive ketones (excluding diaryl/α,β-unsaturated/α-hetero) is 1. The summed E-state index contributed by atoms with van der Waals surface area (Å²) in [6.45, 7) is 20.5. The highest BCUT2D eigenvalue weighted by molar-refractivity contribution is 5.81. The van der Waals surface area contributed by atoms with Gasteiger partial charge in [0.15, 0.2) is 0 Å². The second-order valence-electron chi connectivity index (χ2n) is 14.2. The maximum atomic E-state index is 13.1. The molecule has 1 saturated heterocycles. The fourth-order valence-electron chi connectivity index (χ4n) is 4.89. The number of carbonyl (C=O) groups excluding carboxylic acids is 4. The van der Waals surface area contributed by atoms with Crippen molar-refractivity contribution in [1.82, 2.24) is 20.4 Å². The lowest BCUT2D eigenvalue weighted by Gasteiger charge is -2.42. The van der Waals surface area contributed by atoms with Crippen molar-refractivity contribution in [2.24, 2.45) is 21.7 Å². The first-order chi connectivity index (χ1) is 17.7. The molecule has 0 aromatic carbocycles.